The Kier molecular flexibility index (Phi) is 3.71. The summed E-state index contributed by atoms with van der Waals surface area (Å²) in [5.41, 5.74) is 0. The molecule has 0 aromatic rings. The lowest BCUT2D eigenvalue weighted by molar-refractivity contribution is 0.0564. The molecule has 0 aromatic heterocycles. The normalized spacial score (nSPS) is 34.8. The Morgan fingerprint density at radius 2 is 2.08 bits per heavy atom. The summed E-state index contributed by atoms with van der Waals surface area (Å²) in [6.45, 7) is 7.26. The largest absolute Gasteiger partial charge is 0.396 e. The first-order valence-corrected chi connectivity index (χ1v) is 5.12. The van der Waals surface area contributed by atoms with Crippen LogP contribution >= 0.6 is 0 Å². The van der Waals surface area contributed by atoms with Crippen molar-refractivity contribution in [3.63, 3.8) is 0 Å². The maximum absolute atomic E-state index is 9.45. The minimum absolute atomic E-state index is 0.201. The number of nitrogens with zero attached hydrogens (tertiary/aromatic N) is 1. The predicted molar refractivity (Wildman–Crippen MR) is 52.5 cm³/mol. The van der Waals surface area contributed by atoms with Gasteiger partial charge >= 0.3 is 0 Å². The molecule has 0 bridgehead atoms. The van der Waals surface area contributed by atoms with Gasteiger partial charge in [-0.2, -0.15) is 0 Å². The van der Waals surface area contributed by atoms with Crippen molar-refractivity contribution in [1.29, 1.82) is 0 Å². The molecule has 3 heteroatoms. The van der Waals surface area contributed by atoms with E-state index in [9.17, 15) is 5.11 Å². The van der Waals surface area contributed by atoms with Crippen LogP contribution in [0.5, 0.6) is 0 Å². The van der Waals surface area contributed by atoms with Crippen LogP contribution in [-0.2, 0) is 0 Å². The highest BCUT2D eigenvalue weighted by Crippen LogP contribution is 2.26. The third-order valence-corrected chi connectivity index (χ3v) is 3.42. The summed E-state index contributed by atoms with van der Waals surface area (Å²) in [6, 6.07) is 0.598. The van der Waals surface area contributed by atoms with Gasteiger partial charge in [-0.15, -0.1) is 0 Å². The van der Waals surface area contributed by atoms with Crippen molar-refractivity contribution in [2.45, 2.75) is 45.4 Å². The molecule has 1 fully saturated rings. The third-order valence-electron chi connectivity index (χ3n) is 3.42. The SMILES string of the molecule is CC(O)C(C)N1CCC(CO)C1C. The van der Waals surface area contributed by atoms with Crippen LogP contribution in [-0.4, -0.2) is 46.5 Å². The molecule has 0 aromatic carbocycles. The number of hydrogen-bond donors (Lipinski definition) is 2. The molecule has 1 saturated heterocycles. The van der Waals surface area contributed by atoms with Crippen LogP contribution in [0, 0.1) is 5.92 Å². The fourth-order valence-electron chi connectivity index (χ4n) is 2.13. The van der Waals surface area contributed by atoms with E-state index in [2.05, 4.69) is 11.8 Å². The molecule has 3 nitrogen and oxygen atoms in total. The van der Waals surface area contributed by atoms with E-state index in [1.165, 1.54) is 0 Å². The number of aliphatic hydroxyl groups excluding tert-OH is 2. The summed E-state index contributed by atoms with van der Waals surface area (Å²) in [7, 11) is 0. The molecule has 4 atom stereocenters. The monoisotopic (exact) mass is 187 g/mol. The van der Waals surface area contributed by atoms with E-state index in [1.54, 1.807) is 0 Å². The molecular formula is C10H21NO2. The van der Waals surface area contributed by atoms with Crippen LogP contribution in [0.2, 0.25) is 0 Å². The molecule has 0 spiro atoms. The summed E-state index contributed by atoms with van der Waals surface area (Å²) < 4.78 is 0. The quantitative estimate of drug-likeness (QED) is 0.674. The topological polar surface area (TPSA) is 43.7 Å². The van der Waals surface area contributed by atoms with Gasteiger partial charge in [-0.1, -0.05) is 0 Å². The van der Waals surface area contributed by atoms with E-state index >= 15 is 0 Å². The minimum atomic E-state index is -0.292. The van der Waals surface area contributed by atoms with Crippen molar-refractivity contribution < 1.29 is 10.2 Å². The molecule has 1 aliphatic heterocycles. The summed E-state index contributed by atoms with van der Waals surface area (Å²) in [4.78, 5) is 2.28. The Labute approximate surface area is 80.4 Å². The van der Waals surface area contributed by atoms with Gasteiger partial charge in [0.15, 0.2) is 0 Å². The highest BCUT2D eigenvalue weighted by Gasteiger charge is 2.34. The van der Waals surface area contributed by atoms with Crippen molar-refractivity contribution in [3.8, 4) is 0 Å². The molecule has 13 heavy (non-hydrogen) atoms. The van der Waals surface area contributed by atoms with Crippen molar-refractivity contribution >= 4 is 0 Å². The van der Waals surface area contributed by atoms with E-state index in [0.29, 0.717) is 12.0 Å². The number of aliphatic hydroxyl groups is 2. The predicted octanol–water partition coefficient (Wildman–Crippen LogP) is 0.458. The Hall–Kier alpha value is -0.120. The number of hydrogen-bond acceptors (Lipinski definition) is 3. The Morgan fingerprint density at radius 1 is 1.46 bits per heavy atom. The Morgan fingerprint density at radius 3 is 2.46 bits per heavy atom. The van der Waals surface area contributed by atoms with Crippen molar-refractivity contribution in [1.82, 2.24) is 4.90 Å². The summed E-state index contributed by atoms with van der Waals surface area (Å²) in [5, 5.41) is 18.5. The van der Waals surface area contributed by atoms with E-state index in [0.717, 1.165) is 13.0 Å². The second-order valence-electron chi connectivity index (χ2n) is 4.19. The lowest BCUT2D eigenvalue weighted by Gasteiger charge is -2.31. The molecule has 1 heterocycles. The van der Waals surface area contributed by atoms with Gasteiger partial charge in [0, 0.05) is 18.7 Å². The lowest BCUT2D eigenvalue weighted by Crippen LogP contribution is -2.43. The van der Waals surface area contributed by atoms with Crippen molar-refractivity contribution in [3.05, 3.63) is 0 Å². The van der Waals surface area contributed by atoms with Crippen LogP contribution in [0.4, 0.5) is 0 Å². The maximum atomic E-state index is 9.45. The average molecular weight is 187 g/mol. The molecule has 0 radical (unpaired) electrons. The van der Waals surface area contributed by atoms with E-state index < -0.39 is 0 Å². The summed E-state index contributed by atoms with van der Waals surface area (Å²) in [6.07, 6.45) is 0.759. The molecule has 0 aliphatic carbocycles. The number of rotatable bonds is 3. The van der Waals surface area contributed by atoms with Gasteiger partial charge in [0.2, 0.25) is 0 Å². The van der Waals surface area contributed by atoms with Gasteiger partial charge < -0.3 is 10.2 Å². The Bertz CT molecular complexity index is 161. The van der Waals surface area contributed by atoms with Crippen molar-refractivity contribution in [2.24, 2.45) is 5.92 Å². The zero-order valence-corrected chi connectivity index (χ0v) is 8.77. The molecule has 1 aliphatic rings. The Balaban J connectivity index is 2.53. The highest BCUT2D eigenvalue weighted by molar-refractivity contribution is 4.87. The smallest absolute Gasteiger partial charge is 0.0664 e. The summed E-state index contributed by atoms with van der Waals surface area (Å²) in [5.74, 6) is 0.390. The van der Waals surface area contributed by atoms with Gasteiger partial charge in [-0.25, -0.2) is 0 Å². The van der Waals surface area contributed by atoms with E-state index in [-0.39, 0.29) is 18.8 Å². The van der Waals surface area contributed by atoms with E-state index in [1.807, 2.05) is 13.8 Å². The zero-order valence-electron chi connectivity index (χ0n) is 8.77. The molecule has 1 rings (SSSR count). The second-order valence-corrected chi connectivity index (χ2v) is 4.19. The first-order chi connectivity index (χ1) is 6.07. The van der Waals surface area contributed by atoms with Crippen LogP contribution in [0.25, 0.3) is 0 Å². The molecule has 0 saturated carbocycles. The first-order valence-electron chi connectivity index (χ1n) is 5.12. The zero-order chi connectivity index (χ0) is 10.0. The fourth-order valence-corrected chi connectivity index (χ4v) is 2.13. The molecule has 78 valence electrons. The van der Waals surface area contributed by atoms with Gasteiger partial charge in [-0.3, -0.25) is 4.90 Å². The van der Waals surface area contributed by atoms with E-state index in [4.69, 9.17) is 5.11 Å². The highest BCUT2D eigenvalue weighted by atomic mass is 16.3. The average Bonchev–Trinajstić information content (AvgIpc) is 2.45. The molecular weight excluding hydrogens is 166 g/mol. The molecule has 2 N–H and O–H groups in total. The summed E-state index contributed by atoms with van der Waals surface area (Å²) >= 11 is 0. The standard InChI is InChI=1S/C10H21NO2/c1-7(9(3)13)11-5-4-10(6-12)8(11)2/h7-10,12-13H,4-6H2,1-3H3. The van der Waals surface area contributed by atoms with Crippen LogP contribution in [0.3, 0.4) is 0 Å². The second kappa shape index (κ2) is 4.40. The van der Waals surface area contributed by atoms with Crippen LogP contribution in [0.15, 0.2) is 0 Å². The van der Waals surface area contributed by atoms with Gasteiger partial charge in [-0.05, 0) is 39.7 Å². The van der Waals surface area contributed by atoms with Crippen molar-refractivity contribution in [2.75, 3.05) is 13.2 Å². The fraction of sp³-hybridized carbons (Fsp3) is 1.00. The minimum Gasteiger partial charge on any atom is -0.396 e. The van der Waals surface area contributed by atoms with Crippen LogP contribution < -0.4 is 0 Å². The molecule has 0 amide bonds. The van der Waals surface area contributed by atoms with Gasteiger partial charge in [0.25, 0.3) is 0 Å². The third kappa shape index (κ3) is 2.22. The van der Waals surface area contributed by atoms with Gasteiger partial charge in [0.1, 0.15) is 0 Å². The van der Waals surface area contributed by atoms with Gasteiger partial charge in [0.05, 0.1) is 6.10 Å². The van der Waals surface area contributed by atoms with Crippen LogP contribution in [0.1, 0.15) is 27.2 Å². The maximum Gasteiger partial charge on any atom is 0.0664 e. The lowest BCUT2D eigenvalue weighted by atomic mass is 10.0. The molecule has 4 unspecified atom stereocenters. The first kappa shape index (κ1) is 11.0. The number of likely N-dealkylation sites (tertiary alicyclic amines) is 1.